The first kappa shape index (κ1) is 16.7. The van der Waals surface area contributed by atoms with E-state index in [2.05, 4.69) is 0 Å². The van der Waals surface area contributed by atoms with Crippen molar-refractivity contribution < 1.29 is 35.9 Å². The third-order valence-electron chi connectivity index (χ3n) is 3.34. The molecule has 1 aliphatic heterocycles. The lowest BCUT2D eigenvalue weighted by Gasteiger charge is -2.21. The number of carboxylic acid groups (broad SMARTS) is 1. The Morgan fingerprint density at radius 3 is 2.50 bits per heavy atom. The van der Waals surface area contributed by atoms with Crippen LogP contribution in [0, 0.1) is 5.82 Å². The Balaban J connectivity index is 2.49. The number of rotatable bonds is 3. The molecule has 0 unspecified atom stereocenters. The third kappa shape index (κ3) is 2.93. The Labute approximate surface area is 123 Å². The number of nitrogens with zero attached hydrogens (tertiary/aromatic N) is 1. The lowest BCUT2D eigenvalue weighted by molar-refractivity contribution is -0.141. The number of carboxylic acids is 1. The first-order valence-electron chi connectivity index (χ1n) is 6.16. The topological polar surface area (TPSA) is 74.7 Å². The van der Waals surface area contributed by atoms with Gasteiger partial charge in [-0.3, -0.25) is 4.79 Å². The maximum Gasteiger partial charge on any atom is 0.419 e. The second-order valence-corrected chi connectivity index (χ2v) is 6.64. The SMILES string of the molecule is O=C(O)[C@H]1CCCN1S(=O)(=O)c1ccc(F)c(C(F)(F)F)c1. The summed E-state index contributed by atoms with van der Waals surface area (Å²) >= 11 is 0. The minimum Gasteiger partial charge on any atom is -0.480 e. The summed E-state index contributed by atoms with van der Waals surface area (Å²) in [5.41, 5.74) is -1.71. The second kappa shape index (κ2) is 5.51. The third-order valence-corrected chi connectivity index (χ3v) is 5.24. The van der Waals surface area contributed by atoms with E-state index in [9.17, 15) is 30.8 Å². The molecule has 0 amide bonds. The molecule has 1 saturated heterocycles. The summed E-state index contributed by atoms with van der Waals surface area (Å²) in [4.78, 5) is 10.2. The molecule has 0 bridgehead atoms. The van der Waals surface area contributed by atoms with Gasteiger partial charge in [0, 0.05) is 6.54 Å². The molecule has 1 atom stereocenters. The molecule has 122 valence electrons. The first-order valence-corrected chi connectivity index (χ1v) is 7.60. The molecule has 0 spiro atoms. The largest absolute Gasteiger partial charge is 0.480 e. The molecular formula is C12H11F4NO4S. The van der Waals surface area contributed by atoms with Crippen LogP contribution in [-0.4, -0.2) is 36.4 Å². The van der Waals surface area contributed by atoms with Gasteiger partial charge in [0.05, 0.1) is 10.5 Å². The van der Waals surface area contributed by atoms with Gasteiger partial charge < -0.3 is 5.11 Å². The molecule has 1 aromatic carbocycles. The fourth-order valence-corrected chi connectivity index (χ4v) is 3.97. The molecule has 1 aromatic rings. The van der Waals surface area contributed by atoms with Crippen molar-refractivity contribution >= 4 is 16.0 Å². The van der Waals surface area contributed by atoms with Crippen LogP contribution in [0.1, 0.15) is 18.4 Å². The van der Waals surface area contributed by atoms with Crippen LogP contribution in [0.2, 0.25) is 0 Å². The van der Waals surface area contributed by atoms with E-state index >= 15 is 0 Å². The summed E-state index contributed by atoms with van der Waals surface area (Å²) in [5, 5.41) is 8.98. The van der Waals surface area contributed by atoms with Crippen molar-refractivity contribution in [2.75, 3.05) is 6.54 Å². The Bertz CT molecular complexity index is 702. The maximum atomic E-state index is 13.2. The molecule has 1 N–H and O–H groups in total. The molecular weight excluding hydrogens is 330 g/mol. The van der Waals surface area contributed by atoms with Gasteiger partial charge in [0.1, 0.15) is 11.9 Å². The molecule has 1 aliphatic rings. The first-order chi connectivity index (χ1) is 10.0. The maximum absolute atomic E-state index is 13.2. The summed E-state index contributed by atoms with van der Waals surface area (Å²) in [6.45, 7) is -0.113. The van der Waals surface area contributed by atoms with E-state index in [1.54, 1.807) is 0 Å². The average Bonchev–Trinajstić information content (AvgIpc) is 2.87. The lowest BCUT2D eigenvalue weighted by Crippen LogP contribution is -2.40. The van der Waals surface area contributed by atoms with Crippen molar-refractivity contribution in [1.29, 1.82) is 0 Å². The van der Waals surface area contributed by atoms with E-state index in [1.807, 2.05) is 0 Å². The Morgan fingerprint density at radius 1 is 1.32 bits per heavy atom. The van der Waals surface area contributed by atoms with E-state index in [0.717, 1.165) is 0 Å². The van der Waals surface area contributed by atoms with E-state index in [1.165, 1.54) is 0 Å². The van der Waals surface area contributed by atoms with Crippen molar-refractivity contribution in [3.05, 3.63) is 29.6 Å². The highest BCUT2D eigenvalue weighted by Crippen LogP contribution is 2.34. The molecule has 5 nitrogen and oxygen atoms in total. The Kier molecular flexibility index (Phi) is 4.18. The van der Waals surface area contributed by atoms with Crippen molar-refractivity contribution in [3.63, 3.8) is 0 Å². The minimum absolute atomic E-state index is 0.0713. The Morgan fingerprint density at radius 2 is 1.95 bits per heavy atom. The van der Waals surface area contributed by atoms with Crippen molar-refractivity contribution in [3.8, 4) is 0 Å². The highest BCUT2D eigenvalue weighted by molar-refractivity contribution is 7.89. The number of hydrogen-bond donors (Lipinski definition) is 1. The Hall–Kier alpha value is -1.68. The van der Waals surface area contributed by atoms with Gasteiger partial charge in [-0.25, -0.2) is 12.8 Å². The van der Waals surface area contributed by atoms with Crippen LogP contribution in [0.3, 0.4) is 0 Å². The molecule has 0 radical (unpaired) electrons. The van der Waals surface area contributed by atoms with Crippen molar-refractivity contribution in [2.45, 2.75) is 30.0 Å². The number of halogens is 4. The normalized spacial score (nSPS) is 20.3. The van der Waals surface area contributed by atoms with Crippen LogP contribution in [0.4, 0.5) is 17.6 Å². The molecule has 1 fully saturated rings. The average molecular weight is 341 g/mol. The van der Waals surface area contributed by atoms with Crippen LogP contribution >= 0.6 is 0 Å². The van der Waals surface area contributed by atoms with Gasteiger partial charge in [0.15, 0.2) is 0 Å². The van der Waals surface area contributed by atoms with Crippen molar-refractivity contribution in [2.24, 2.45) is 0 Å². The van der Waals surface area contributed by atoms with Gasteiger partial charge in [-0.05, 0) is 31.0 Å². The summed E-state index contributed by atoms with van der Waals surface area (Å²) in [6, 6.07) is -0.0509. The molecule has 2 rings (SSSR count). The van der Waals surface area contributed by atoms with Crippen molar-refractivity contribution in [1.82, 2.24) is 4.31 Å². The highest BCUT2D eigenvalue weighted by Gasteiger charge is 2.41. The standard InChI is InChI=1S/C12H11F4NO4S/c13-9-4-3-7(6-8(9)12(14,15)16)22(20,21)17-5-1-2-10(17)11(18)19/h3-4,6,10H,1-2,5H2,(H,18,19)/t10-/m1/s1. The monoisotopic (exact) mass is 341 g/mol. The smallest absolute Gasteiger partial charge is 0.419 e. The van der Waals surface area contributed by atoms with E-state index < -0.39 is 44.5 Å². The van der Waals surface area contributed by atoms with Gasteiger partial charge in [-0.1, -0.05) is 0 Å². The summed E-state index contributed by atoms with van der Waals surface area (Å²) in [5.74, 6) is -2.97. The molecule has 22 heavy (non-hydrogen) atoms. The number of hydrogen-bond acceptors (Lipinski definition) is 3. The molecule has 10 heteroatoms. The quantitative estimate of drug-likeness (QED) is 0.854. The van der Waals surface area contributed by atoms with E-state index in [0.29, 0.717) is 16.4 Å². The van der Waals surface area contributed by atoms with Gasteiger partial charge >= 0.3 is 12.1 Å². The van der Waals surface area contributed by atoms with E-state index in [4.69, 9.17) is 5.11 Å². The summed E-state index contributed by atoms with van der Waals surface area (Å²) in [7, 11) is -4.45. The van der Waals surface area contributed by atoms with Crippen LogP contribution in [0.15, 0.2) is 23.1 Å². The number of carbonyl (C=O) groups is 1. The van der Waals surface area contributed by atoms with Crippen LogP contribution in [0.25, 0.3) is 0 Å². The molecule has 0 aliphatic carbocycles. The number of sulfonamides is 1. The number of aliphatic carboxylic acids is 1. The highest BCUT2D eigenvalue weighted by atomic mass is 32.2. The van der Waals surface area contributed by atoms with Crippen LogP contribution in [0.5, 0.6) is 0 Å². The fourth-order valence-electron chi connectivity index (χ4n) is 2.29. The summed E-state index contributed by atoms with van der Waals surface area (Å²) < 4.78 is 76.4. The minimum atomic E-state index is -5.05. The predicted molar refractivity (Wildman–Crippen MR) is 66.0 cm³/mol. The summed E-state index contributed by atoms with van der Waals surface area (Å²) in [6.07, 6.45) is -4.70. The van der Waals surface area contributed by atoms with Gasteiger partial charge in [0.25, 0.3) is 0 Å². The fraction of sp³-hybridized carbons (Fsp3) is 0.417. The van der Waals surface area contributed by atoms with Gasteiger partial charge in [-0.15, -0.1) is 0 Å². The van der Waals surface area contributed by atoms with Gasteiger partial charge in [0.2, 0.25) is 10.0 Å². The predicted octanol–water partition coefficient (Wildman–Crippen LogP) is 2.08. The molecule has 0 aromatic heterocycles. The molecule has 0 saturated carbocycles. The van der Waals surface area contributed by atoms with Crippen LogP contribution < -0.4 is 0 Å². The molecule has 1 heterocycles. The number of alkyl halides is 3. The zero-order valence-corrected chi connectivity index (χ0v) is 11.8. The van der Waals surface area contributed by atoms with Crippen LogP contribution in [-0.2, 0) is 21.0 Å². The zero-order valence-electron chi connectivity index (χ0n) is 11.0. The van der Waals surface area contributed by atoms with Gasteiger partial charge in [-0.2, -0.15) is 17.5 Å². The lowest BCUT2D eigenvalue weighted by atomic mass is 10.2. The number of benzene rings is 1. The zero-order chi connectivity index (χ0) is 16.7. The van der Waals surface area contributed by atoms with E-state index in [-0.39, 0.29) is 25.5 Å². The second-order valence-electron chi connectivity index (χ2n) is 4.75.